The van der Waals surface area contributed by atoms with Gasteiger partial charge in [-0.2, -0.15) is 13.2 Å². The Morgan fingerprint density at radius 2 is 1.77 bits per heavy atom. The molecule has 144 valence electrons. The molecule has 8 heteroatoms. The Bertz CT molecular complexity index is 809. The van der Waals surface area contributed by atoms with E-state index in [1.165, 1.54) is 13.8 Å². The van der Waals surface area contributed by atoms with E-state index < -0.39 is 23.4 Å². The summed E-state index contributed by atoms with van der Waals surface area (Å²) in [7, 11) is 0. The Hall–Kier alpha value is -2.25. The van der Waals surface area contributed by atoms with Crippen LogP contribution in [0.4, 0.5) is 13.2 Å². The molecule has 0 radical (unpaired) electrons. The van der Waals surface area contributed by atoms with Gasteiger partial charge in [-0.3, -0.25) is 0 Å². The van der Waals surface area contributed by atoms with Gasteiger partial charge in [-0.05, 0) is 43.9 Å². The van der Waals surface area contributed by atoms with Crippen molar-refractivity contribution in [3.63, 3.8) is 0 Å². The van der Waals surface area contributed by atoms with E-state index in [9.17, 15) is 23.1 Å². The number of hydrogen-bond donors (Lipinski definition) is 1. The van der Waals surface area contributed by atoms with Crippen molar-refractivity contribution < 1.29 is 32.3 Å². The van der Waals surface area contributed by atoms with E-state index in [0.29, 0.717) is 36.8 Å². The monoisotopic (exact) mass is 373 g/mol. The highest BCUT2D eigenvalue weighted by Gasteiger charge is 2.41. The summed E-state index contributed by atoms with van der Waals surface area (Å²) in [5.41, 5.74) is -1.78. The summed E-state index contributed by atoms with van der Waals surface area (Å²) < 4.78 is 51.0. The number of aromatic nitrogens is 1. The number of rotatable bonds is 7. The zero-order chi connectivity index (χ0) is 19.7. The molecule has 0 fully saturated rings. The van der Waals surface area contributed by atoms with Crippen LogP contribution in [-0.2, 0) is 23.8 Å². The maximum atomic E-state index is 13.5. The minimum Gasteiger partial charge on any atom is -0.478 e. The molecule has 0 atom stereocenters. The molecule has 1 aromatic heterocycles. The highest BCUT2D eigenvalue weighted by atomic mass is 19.4. The van der Waals surface area contributed by atoms with Crippen molar-refractivity contribution in [3.05, 3.63) is 22.9 Å². The molecule has 0 saturated carbocycles. The van der Waals surface area contributed by atoms with Crippen molar-refractivity contribution in [2.24, 2.45) is 0 Å². The number of halogens is 3. The topological polar surface area (TPSA) is 72.6 Å². The number of fused-ring (bicyclic) bond motifs is 1. The zero-order valence-corrected chi connectivity index (χ0v) is 15.2. The summed E-state index contributed by atoms with van der Waals surface area (Å²) >= 11 is 0. The predicted molar refractivity (Wildman–Crippen MR) is 89.3 cm³/mol. The van der Waals surface area contributed by atoms with Crippen molar-refractivity contribution in [2.45, 2.75) is 65.2 Å². The van der Waals surface area contributed by atoms with E-state index in [2.05, 4.69) is 5.16 Å². The van der Waals surface area contributed by atoms with Gasteiger partial charge in [-0.15, -0.1) is 0 Å². The molecule has 2 aromatic rings. The van der Waals surface area contributed by atoms with Crippen LogP contribution in [0.3, 0.4) is 0 Å². The lowest BCUT2D eigenvalue weighted by Gasteiger charge is -2.24. The van der Waals surface area contributed by atoms with Crippen LogP contribution in [0.2, 0.25) is 0 Å². The van der Waals surface area contributed by atoms with Gasteiger partial charge in [0.05, 0.1) is 5.39 Å². The first kappa shape index (κ1) is 20.1. The van der Waals surface area contributed by atoms with Gasteiger partial charge in [-0.1, -0.05) is 31.8 Å². The lowest BCUT2D eigenvalue weighted by Crippen LogP contribution is -2.38. The number of carboxylic acids is 1. The predicted octanol–water partition coefficient (Wildman–Crippen LogP) is 4.99. The second-order valence-corrected chi connectivity index (χ2v) is 6.67. The summed E-state index contributed by atoms with van der Waals surface area (Å²) in [6.45, 7) is 6.37. The Kier molecular flexibility index (Phi) is 5.53. The molecule has 2 rings (SSSR count). The van der Waals surface area contributed by atoms with Gasteiger partial charge in [0.1, 0.15) is 5.75 Å². The van der Waals surface area contributed by atoms with Gasteiger partial charge >= 0.3 is 12.1 Å². The van der Waals surface area contributed by atoms with Crippen molar-refractivity contribution in [2.75, 3.05) is 0 Å². The number of nitrogens with zero attached hydrogens (tertiary/aromatic N) is 1. The average Bonchev–Trinajstić information content (AvgIpc) is 2.96. The lowest BCUT2D eigenvalue weighted by molar-refractivity contribution is -0.152. The Labute approximate surface area is 149 Å². The maximum absolute atomic E-state index is 13.5. The van der Waals surface area contributed by atoms with Crippen LogP contribution < -0.4 is 4.74 Å². The zero-order valence-electron chi connectivity index (χ0n) is 15.2. The van der Waals surface area contributed by atoms with E-state index in [-0.39, 0.29) is 16.7 Å². The average molecular weight is 373 g/mol. The lowest BCUT2D eigenvalue weighted by atomic mass is 9.97. The third-order valence-electron chi connectivity index (χ3n) is 4.03. The molecule has 0 aliphatic rings. The van der Waals surface area contributed by atoms with Crippen molar-refractivity contribution in [1.82, 2.24) is 5.16 Å². The van der Waals surface area contributed by atoms with Gasteiger partial charge in [-0.25, -0.2) is 4.79 Å². The van der Waals surface area contributed by atoms with Crippen molar-refractivity contribution >= 4 is 16.9 Å². The fourth-order valence-corrected chi connectivity index (χ4v) is 2.74. The van der Waals surface area contributed by atoms with Gasteiger partial charge in [0.15, 0.2) is 16.9 Å². The van der Waals surface area contributed by atoms with Gasteiger partial charge in [0.25, 0.3) is 0 Å². The first-order chi connectivity index (χ1) is 12.0. The molecule has 1 heterocycles. The molecule has 0 saturated heterocycles. The quantitative estimate of drug-likeness (QED) is 0.740. The van der Waals surface area contributed by atoms with Crippen LogP contribution in [-0.4, -0.2) is 21.8 Å². The molecule has 1 aromatic carbocycles. The molecular weight excluding hydrogens is 351 g/mol. The minimum atomic E-state index is -4.74. The number of hydrogen-bond acceptors (Lipinski definition) is 4. The van der Waals surface area contributed by atoms with E-state index in [1.807, 2.05) is 13.8 Å². The first-order valence-corrected chi connectivity index (χ1v) is 8.46. The fourth-order valence-electron chi connectivity index (χ4n) is 2.74. The van der Waals surface area contributed by atoms with E-state index in [1.54, 1.807) is 6.07 Å². The normalized spacial score (nSPS) is 12.6. The van der Waals surface area contributed by atoms with Gasteiger partial charge in [0, 0.05) is 0 Å². The second kappa shape index (κ2) is 7.17. The summed E-state index contributed by atoms with van der Waals surface area (Å²) in [6.07, 6.45) is -2.41. The second-order valence-electron chi connectivity index (χ2n) is 6.67. The first-order valence-electron chi connectivity index (χ1n) is 8.46. The van der Waals surface area contributed by atoms with Crippen LogP contribution >= 0.6 is 0 Å². The molecule has 0 aliphatic heterocycles. The molecule has 0 aliphatic carbocycles. The number of ether oxygens (including phenoxy) is 1. The van der Waals surface area contributed by atoms with Crippen LogP contribution in [0.25, 0.3) is 11.0 Å². The van der Waals surface area contributed by atoms with Crippen molar-refractivity contribution in [3.8, 4) is 5.75 Å². The maximum Gasteiger partial charge on any atom is 0.437 e. The largest absolute Gasteiger partial charge is 0.478 e. The highest BCUT2D eigenvalue weighted by Crippen LogP contribution is 2.43. The van der Waals surface area contributed by atoms with Crippen LogP contribution in [0, 0.1) is 0 Å². The van der Waals surface area contributed by atoms with Crippen LogP contribution in [0.1, 0.15) is 57.4 Å². The molecule has 5 nitrogen and oxygen atoms in total. The highest BCUT2D eigenvalue weighted by molar-refractivity contribution is 5.91. The van der Waals surface area contributed by atoms with Crippen LogP contribution in [0.5, 0.6) is 5.75 Å². The van der Waals surface area contributed by atoms with Gasteiger partial charge in [0.2, 0.25) is 0 Å². The third-order valence-corrected chi connectivity index (χ3v) is 4.03. The number of carboxylic acid groups (broad SMARTS) is 1. The number of aryl methyl sites for hydroxylation is 2. The Morgan fingerprint density at radius 1 is 1.19 bits per heavy atom. The molecule has 0 bridgehead atoms. The number of aliphatic carboxylic acids is 1. The Morgan fingerprint density at radius 3 is 2.27 bits per heavy atom. The Balaban J connectivity index is 2.84. The SMILES string of the molecule is CCCc1cc(CCC)c2onc(C(F)(F)F)c2c1OC(C)(C)C(=O)O. The number of benzene rings is 1. The van der Waals surface area contributed by atoms with E-state index in [4.69, 9.17) is 9.26 Å². The molecule has 0 spiro atoms. The molecule has 1 N–H and O–H groups in total. The fraction of sp³-hybridized carbons (Fsp3) is 0.556. The van der Waals surface area contributed by atoms with E-state index in [0.717, 1.165) is 0 Å². The van der Waals surface area contributed by atoms with Crippen LogP contribution in [0.15, 0.2) is 10.6 Å². The minimum absolute atomic E-state index is 0.00443. The summed E-state index contributed by atoms with van der Waals surface area (Å²) in [5, 5.41) is 12.2. The molecule has 0 unspecified atom stereocenters. The van der Waals surface area contributed by atoms with Crippen molar-refractivity contribution in [1.29, 1.82) is 0 Å². The summed E-state index contributed by atoms with van der Waals surface area (Å²) in [6, 6.07) is 1.73. The van der Waals surface area contributed by atoms with Gasteiger partial charge < -0.3 is 14.4 Å². The third kappa shape index (κ3) is 3.78. The standard InChI is InChI=1S/C18H22F3NO4/c1-5-7-10-9-11(8-6-2)14-12(15(22-26-14)18(19,20)21)13(10)25-17(3,4)16(23)24/h9H,5-8H2,1-4H3,(H,23,24). The number of carbonyl (C=O) groups is 1. The number of alkyl halides is 3. The smallest absolute Gasteiger partial charge is 0.437 e. The summed E-state index contributed by atoms with van der Waals surface area (Å²) in [4.78, 5) is 11.4. The molecule has 26 heavy (non-hydrogen) atoms. The molecular formula is C18H22F3NO4. The summed E-state index contributed by atoms with van der Waals surface area (Å²) in [5.74, 6) is -1.40. The van der Waals surface area contributed by atoms with E-state index >= 15 is 0 Å². The molecule has 0 amide bonds.